The molecule has 0 saturated carbocycles. The first-order chi connectivity index (χ1) is 6.81. The van der Waals surface area contributed by atoms with Gasteiger partial charge in [0.15, 0.2) is 0 Å². The van der Waals surface area contributed by atoms with Gasteiger partial charge in [-0.25, -0.2) is 0 Å². The second-order valence-corrected chi connectivity index (χ2v) is 5.36. The van der Waals surface area contributed by atoms with E-state index in [-0.39, 0.29) is 0 Å². The van der Waals surface area contributed by atoms with Crippen LogP contribution in [0.25, 0.3) is 0 Å². The Bertz CT molecular complexity index is 178. The van der Waals surface area contributed by atoms with Gasteiger partial charge >= 0.3 is 0 Å². The zero-order valence-electron chi connectivity index (χ0n) is 9.84. The summed E-state index contributed by atoms with van der Waals surface area (Å²) in [5.41, 5.74) is 0. The summed E-state index contributed by atoms with van der Waals surface area (Å²) < 4.78 is 0. The van der Waals surface area contributed by atoms with Crippen molar-refractivity contribution >= 4 is 0 Å². The molecular formula is C13H25N. The summed E-state index contributed by atoms with van der Waals surface area (Å²) >= 11 is 0. The Morgan fingerprint density at radius 2 is 2.14 bits per heavy atom. The summed E-state index contributed by atoms with van der Waals surface area (Å²) in [5, 5.41) is 0. The highest BCUT2D eigenvalue weighted by Crippen LogP contribution is 2.36. The van der Waals surface area contributed by atoms with Crippen LogP contribution in [0.3, 0.4) is 0 Å². The van der Waals surface area contributed by atoms with Gasteiger partial charge in [0.2, 0.25) is 0 Å². The van der Waals surface area contributed by atoms with Crippen molar-refractivity contribution in [2.45, 2.75) is 70.9 Å². The van der Waals surface area contributed by atoms with Gasteiger partial charge in [-0.15, -0.1) is 0 Å². The van der Waals surface area contributed by atoms with Gasteiger partial charge in [-0.1, -0.05) is 26.2 Å². The molecule has 14 heavy (non-hydrogen) atoms. The summed E-state index contributed by atoms with van der Waals surface area (Å²) in [6, 6.07) is 1.83. The SMILES string of the molecule is CCCC[C@H]1C[C@H]2CCCN2[C@@H](C)C1. The molecule has 2 aliphatic rings. The number of fused-ring (bicyclic) bond motifs is 1. The van der Waals surface area contributed by atoms with Crippen molar-refractivity contribution in [3.05, 3.63) is 0 Å². The summed E-state index contributed by atoms with van der Waals surface area (Å²) in [5.74, 6) is 1.05. The third-order valence-electron chi connectivity index (χ3n) is 4.23. The normalized spacial score (nSPS) is 38.6. The Balaban J connectivity index is 1.85. The van der Waals surface area contributed by atoms with Gasteiger partial charge in [-0.3, -0.25) is 4.90 Å². The highest BCUT2D eigenvalue weighted by molar-refractivity contribution is 4.90. The smallest absolute Gasteiger partial charge is 0.0101 e. The minimum atomic E-state index is 0.873. The number of nitrogens with zero attached hydrogens (tertiary/aromatic N) is 1. The molecule has 0 bridgehead atoms. The number of hydrogen-bond donors (Lipinski definition) is 0. The van der Waals surface area contributed by atoms with Crippen molar-refractivity contribution in [1.29, 1.82) is 0 Å². The lowest BCUT2D eigenvalue weighted by molar-refractivity contribution is 0.0917. The van der Waals surface area contributed by atoms with Crippen molar-refractivity contribution in [2.24, 2.45) is 5.92 Å². The van der Waals surface area contributed by atoms with Gasteiger partial charge in [0.05, 0.1) is 0 Å². The molecule has 2 saturated heterocycles. The second-order valence-electron chi connectivity index (χ2n) is 5.36. The minimum Gasteiger partial charge on any atom is -0.298 e. The summed E-state index contributed by atoms with van der Waals surface area (Å²) in [7, 11) is 0. The van der Waals surface area contributed by atoms with Gasteiger partial charge in [0, 0.05) is 12.1 Å². The van der Waals surface area contributed by atoms with E-state index in [1.807, 2.05) is 0 Å². The third-order valence-corrected chi connectivity index (χ3v) is 4.23. The van der Waals surface area contributed by atoms with Gasteiger partial charge in [-0.2, -0.15) is 0 Å². The Hall–Kier alpha value is -0.0400. The standard InChI is InChI=1S/C13H25N/c1-3-4-6-12-9-11(2)14-8-5-7-13(14)10-12/h11-13H,3-10H2,1-2H3/t11-,12+,13+/m0/s1. The molecule has 82 valence electrons. The number of unbranched alkanes of at least 4 members (excludes halogenated alkanes) is 1. The van der Waals surface area contributed by atoms with Gasteiger partial charge in [0.25, 0.3) is 0 Å². The molecule has 0 aromatic carbocycles. The zero-order chi connectivity index (χ0) is 9.97. The molecule has 0 unspecified atom stereocenters. The highest BCUT2D eigenvalue weighted by atomic mass is 15.2. The fraction of sp³-hybridized carbons (Fsp3) is 1.00. The first kappa shape index (κ1) is 10.5. The van der Waals surface area contributed by atoms with Crippen LogP contribution in [0.4, 0.5) is 0 Å². The van der Waals surface area contributed by atoms with Gasteiger partial charge in [-0.05, 0) is 45.1 Å². The molecule has 0 amide bonds. The van der Waals surface area contributed by atoms with E-state index in [1.165, 1.54) is 51.5 Å². The molecule has 0 aliphatic carbocycles. The lowest BCUT2D eigenvalue weighted by Crippen LogP contribution is -2.44. The predicted octanol–water partition coefficient (Wildman–Crippen LogP) is 3.44. The molecule has 1 nitrogen and oxygen atoms in total. The van der Waals surface area contributed by atoms with E-state index < -0.39 is 0 Å². The van der Waals surface area contributed by atoms with Crippen LogP contribution in [-0.4, -0.2) is 23.5 Å². The number of rotatable bonds is 3. The fourth-order valence-electron chi connectivity index (χ4n) is 3.52. The van der Waals surface area contributed by atoms with Crippen LogP contribution in [0.2, 0.25) is 0 Å². The molecule has 2 rings (SSSR count). The monoisotopic (exact) mass is 195 g/mol. The van der Waals surface area contributed by atoms with Crippen LogP contribution in [0, 0.1) is 5.92 Å². The van der Waals surface area contributed by atoms with Crippen molar-refractivity contribution in [3.63, 3.8) is 0 Å². The molecule has 2 fully saturated rings. The molecule has 1 heteroatoms. The summed E-state index contributed by atoms with van der Waals surface area (Å²) in [6.45, 7) is 6.14. The van der Waals surface area contributed by atoms with E-state index in [9.17, 15) is 0 Å². The first-order valence-corrected chi connectivity index (χ1v) is 6.57. The van der Waals surface area contributed by atoms with Crippen LogP contribution in [0.1, 0.15) is 58.8 Å². The topological polar surface area (TPSA) is 3.24 Å². The fourth-order valence-corrected chi connectivity index (χ4v) is 3.52. The van der Waals surface area contributed by atoms with Crippen LogP contribution < -0.4 is 0 Å². The maximum Gasteiger partial charge on any atom is 0.0101 e. The Labute approximate surface area is 88.9 Å². The Kier molecular flexibility index (Phi) is 3.48. The minimum absolute atomic E-state index is 0.873. The van der Waals surface area contributed by atoms with Crippen molar-refractivity contribution in [1.82, 2.24) is 4.90 Å². The molecule has 0 spiro atoms. The average Bonchev–Trinajstić information content (AvgIpc) is 2.63. The second kappa shape index (κ2) is 4.65. The molecular weight excluding hydrogens is 170 g/mol. The van der Waals surface area contributed by atoms with Crippen LogP contribution in [0.5, 0.6) is 0 Å². The zero-order valence-corrected chi connectivity index (χ0v) is 9.84. The van der Waals surface area contributed by atoms with Crippen molar-refractivity contribution in [3.8, 4) is 0 Å². The first-order valence-electron chi connectivity index (χ1n) is 6.57. The predicted molar refractivity (Wildman–Crippen MR) is 61.4 cm³/mol. The largest absolute Gasteiger partial charge is 0.298 e. The van der Waals surface area contributed by atoms with Crippen molar-refractivity contribution < 1.29 is 0 Å². The molecule has 2 heterocycles. The quantitative estimate of drug-likeness (QED) is 0.667. The molecule has 3 atom stereocenters. The molecule has 0 aromatic rings. The average molecular weight is 195 g/mol. The van der Waals surface area contributed by atoms with E-state index in [2.05, 4.69) is 18.7 Å². The lowest BCUT2D eigenvalue weighted by atomic mass is 9.84. The Morgan fingerprint density at radius 3 is 2.93 bits per heavy atom. The maximum atomic E-state index is 2.77. The van der Waals surface area contributed by atoms with Crippen LogP contribution in [-0.2, 0) is 0 Å². The Morgan fingerprint density at radius 1 is 1.29 bits per heavy atom. The molecule has 0 radical (unpaired) electrons. The van der Waals surface area contributed by atoms with E-state index in [0.717, 1.165) is 18.0 Å². The van der Waals surface area contributed by atoms with Gasteiger partial charge in [0.1, 0.15) is 0 Å². The molecule has 2 aliphatic heterocycles. The molecule has 0 aromatic heterocycles. The van der Waals surface area contributed by atoms with E-state index in [0.29, 0.717) is 0 Å². The molecule has 0 N–H and O–H groups in total. The number of hydrogen-bond acceptors (Lipinski definition) is 1. The van der Waals surface area contributed by atoms with Gasteiger partial charge < -0.3 is 0 Å². The number of piperidine rings is 1. The summed E-state index contributed by atoms with van der Waals surface area (Å²) in [6.07, 6.45) is 10.2. The third kappa shape index (κ3) is 2.13. The van der Waals surface area contributed by atoms with Crippen molar-refractivity contribution in [2.75, 3.05) is 6.54 Å². The van der Waals surface area contributed by atoms with E-state index >= 15 is 0 Å². The maximum absolute atomic E-state index is 2.77. The van der Waals surface area contributed by atoms with Crippen LogP contribution >= 0.6 is 0 Å². The van der Waals surface area contributed by atoms with E-state index in [1.54, 1.807) is 0 Å². The van der Waals surface area contributed by atoms with E-state index in [4.69, 9.17) is 0 Å². The highest BCUT2D eigenvalue weighted by Gasteiger charge is 2.35. The lowest BCUT2D eigenvalue weighted by Gasteiger charge is -2.40. The summed E-state index contributed by atoms with van der Waals surface area (Å²) in [4.78, 5) is 2.77. The van der Waals surface area contributed by atoms with Crippen LogP contribution in [0.15, 0.2) is 0 Å².